The summed E-state index contributed by atoms with van der Waals surface area (Å²) in [6.45, 7) is 0. The Bertz CT molecular complexity index is 707. The highest BCUT2D eigenvalue weighted by Crippen LogP contribution is 2.20. The molecule has 82 valence electrons. The van der Waals surface area contributed by atoms with Crippen LogP contribution < -0.4 is 0 Å². The van der Waals surface area contributed by atoms with Gasteiger partial charge in [-0.1, -0.05) is 0 Å². The molecule has 6 heteroatoms. The van der Waals surface area contributed by atoms with Crippen molar-refractivity contribution in [3.63, 3.8) is 0 Å². The summed E-state index contributed by atoms with van der Waals surface area (Å²) in [6.07, 6.45) is 1.14. The van der Waals surface area contributed by atoms with E-state index in [9.17, 15) is 8.42 Å². The Morgan fingerprint density at radius 3 is 2.69 bits per heavy atom. The number of aromatic nitrogens is 2. The van der Waals surface area contributed by atoms with Crippen LogP contribution in [0, 0.1) is 11.3 Å². The number of fused-ring (bicyclic) bond motifs is 1. The molecule has 0 fully saturated rings. The molecule has 0 spiro atoms. The maximum atomic E-state index is 11.3. The highest BCUT2D eigenvalue weighted by Gasteiger charge is 2.12. The zero-order valence-corrected chi connectivity index (χ0v) is 9.61. The third-order valence-electron chi connectivity index (χ3n) is 2.34. The second-order valence-corrected chi connectivity index (χ2v) is 5.55. The molecule has 16 heavy (non-hydrogen) atoms. The molecular weight excluding hydrogens is 226 g/mol. The number of benzene rings is 1. The lowest BCUT2D eigenvalue weighted by atomic mass is 10.2. The zero-order chi connectivity index (χ0) is 11.9. The molecular formula is C10H9N3O2S. The second-order valence-electron chi connectivity index (χ2n) is 3.54. The summed E-state index contributed by atoms with van der Waals surface area (Å²) in [5.74, 6) is 0. The van der Waals surface area contributed by atoms with Gasteiger partial charge in [-0.25, -0.2) is 8.42 Å². The summed E-state index contributed by atoms with van der Waals surface area (Å²) >= 11 is 0. The third-order valence-corrected chi connectivity index (χ3v) is 3.45. The zero-order valence-electron chi connectivity index (χ0n) is 8.80. The van der Waals surface area contributed by atoms with Crippen molar-refractivity contribution in [3.05, 3.63) is 23.9 Å². The molecule has 1 aromatic heterocycles. The van der Waals surface area contributed by atoms with Gasteiger partial charge >= 0.3 is 0 Å². The molecule has 2 aromatic rings. The molecule has 0 bridgehead atoms. The van der Waals surface area contributed by atoms with Crippen molar-refractivity contribution in [3.8, 4) is 6.07 Å². The fourth-order valence-corrected chi connectivity index (χ4v) is 2.18. The standard InChI is InChI=1S/C10H9N3O2S/c1-13-10(6-11)8-4-3-7(16(2,14)15)5-9(8)12-13/h3-5H,1-2H3. The average Bonchev–Trinajstić information content (AvgIpc) is 2.50. The molecule has 0 saturated heterocycles. The summed E-state index contributed by atoms with van der Waals surface area (Å²) in [5.41, 5.74) is 0.942. The van der Waals surface area contributed by atoms with Crippen LogP contribution >= 0.6 is 0 Å². The normalized spacial score (nSPS) is 11.6. The van der Waals surface area contributed by atoms with Gasteiger partial charge in [-0.2, -0.15) is 10.4 Å². The second kappa shape index (κ2) is 3.32. The van der Waals surface area contributed by atoms with Crippen LogP contribution in [-0.2, 0) is 16.9 Å². The monoisotopic (exact) mass is 235 g/mol. The van der Waals surface area contributed by atoms with E-state index in [2.05, 4.69) is 5.10 Å². The van der Waals surface area contributed by atoms with E-state index >= 15 is 0 Å². The number of aryl methyl sites for hydroxylation is 1. The number of sulfone groups is 1. The number of hydrogen-bond acceptors (Lipinski definition) is 4. The minimum atomic E-state index is -3.24. The lowest BCUT2D eigenvalue weighted by Gasteiger charge is -1.96. The van der Waals surface area contributed by atoms with Crippen LogP contribution in [0.15, 0.2) is 23.1 Å². The van der Waals surface area contributed by atoms with E-state index in [-0.39, 0.29) is 4.90 Å². The molecule has 2 rings (SSSR count). The first-order valence-electron chi connectivity index (χ1n) is 4.50. The molecule has 0 radical (unpaired) electrons. The van der Waals surface area contributed by atoms with Crippen LogP contribution in [0.2, 0.25) is 0 Å². The minimum Gasteiger partial charge on any atom is -0.257 e. The van der Waals surface area contributed by atoms with Gasteiger partial charge < -0.3 is 0 Å². The summed E-state index contributed by atoms with van der Waals surface area (Å²) in [7, 11) is -1.59. The highest BCUT2D eigenvalue weighted by molar-refractivity contribution is 7.90. The van der Waals surface area contributed by atoms with Crippen LogP contribution in [-0.4, -0.2) is 24.5 Å². The van der Waals surface area contributed by atoms with Crippen molar-refractivity contribution in [1.82, 2.24) is 9.78 Å². The molecule has 5 nitrogen and oxygen atoms in total. The van der Waals surface area contributed by atoms with Gasteiger partial charge in [-0.15, -0.1) is 0 Å². The first kappa shape index (κ1) is 10.6. The fourth-order valence-electron chi connectivity index (χ4n) is 1.54. The molecule has 0 aliphatic carbocycles. The van der Waals surface area contributed by atoms with Crippen LogP contribution in [0.4, 0.5) is 0 Å². The van der Waals surface area contributed by atoms with Crippen LogP contribution in [0.25, 0.3) is 10.9 Å². The molecule has 0 saturated carbocycles. The van der Waals surface area contributed by atoms with Crippen molar-refractivity contribution in [2.75, 3.05) is 6.26 Å². The Balaban J connectivity index is 2.81. The molecule has 0 unspecified atom stereocenters. The quantitative estimate of drug-likeness (QED) is 0.734. The van der Waals surface area contributed by atoms with Gasteiger partial charge in [0.05, 0.1) is 10.4 Å². The van der Waals surface area contributed by atoms with Crippen LogP contribution in [0.1, 0.15) is 5.69 Å². The Morgan fingerprint density at radius 2 is 2.12 bits per heavy atom. The maximum absolute atomic E-state index is 11.3. The molecule has 1 heterocycles. The predicted octanol–water partition coefficient (Wildman–Crippen LogP) is 0.848. The van der Waals surface area contributed by atoms with E-state index < -0.39 is 9.84 Å². The van der Waals surface area contributed by atoms with Crippen LogP contribution in [0.3, 0.4) is 0 Å². The van der Waals surface area contributed by atoms with E-state index in [0.717, 1.165) is 6.26 Å². The molecule has 0 amide bonds. The molecule has 0 aliphatic heterocycles. The minimum absolute atomic E-state index is 0.211. The van der Waals surface area contributed by atoms with Gasteiger partial charge in [0, 0.05) is 18.7 Å². The lowest BCUT2D eigenvalue weighted by Crippen LogP contribution is -1.96. The van der Waals surface area contributed by atoms with Crippen molar-refractivity contribution in [2.24, 2.45) is 7.05 Å². The smallest absolute Gasteiger partial charge is 0.175 e. The van der Waals surface area contributed by atoms with Crippen molar-refractivity contribution >= 4 is 20.7 Å². The van der Waals surface area contributed by atoms with E-state index in [1.54, 1.807) is 13.1 Å². The van der Waals surface area contributed by atoms with Gasteiger partial charge in [-0.05, 0) is 18.2 Å². The van der Waals surface area contributed by atoms with Gasteiger partial charge in [0.25, 0.3) is 0 Å². The Labute approximate surface area is 92.8 Å². The Morgan fingerprint density at radius 1 is 1.44 bits per heavy atom. The number of hydrogen-bond donors (Lipinski definition) is 0. The molecule has 0 atom stereocenters. The molecule has 0 N–H and O–H groups in total. The third kappa shape index (κ3) is 1.55. The van der Waals surface area contributed by atoms with Crippen molar-refractivity contribution < 1.29 is 8.42 Å². The summed E-state index contributed by atoms with van der Waals surface area (Å²) in [5, 5.41) is 13.7. The van der Waals surface area contributed by atoms with Gasteiger partial charge in [0.1, 0.15) is 11.8 Å². The van der Waals surface area contributed by atoms with E-state index in [4.69, 9.17) is 5.26 Å². The van der Waals surface area contributed by atoms with Crippen LogP contribution in [0.5, 0.6) is 0 Å². The number of nitriles is 1. The number of rotatable bonds is 1. The summed E-state index contributed by atoms with van der Waals surface area (Å²) in [6, 6.07) is 6.60. The van der Waals surface area contributed by atoms with Gasteiger partial charge in [0.15, 0.2) is 9.84 Å². The van der Waals surface area contributed by atoms with E-state index in [1.165, 1.54) is 16.8 Å². The summed E-state index contributed by atoms with van der Waals surface area (Å²) in [4.78, 5) is 0.211. The largest absolute Gasteiger partial charge is 0.257 e. The van der Waals surface area contributed by atoms with Gasteiger partial charge in [-0.3, -0.25) is 4.68 Å². The van der Waals surface area contributed by atoms with E-state index in [1.807, 2.05) is 6.07 Å². The SMILES string of the molecule is Cn1nc2cc(S(C)(=O)=O)ccc2c1C#N. The van der Waals surface area contributed by atoms with E-state index in [0.29, 0.717) is 16.6 Å². The highest BCUT2D eigenvalue weighted by atomic mass is 32.2. The molecule has 1 aromatic carbocycles. The Kier molecular flexibility index (Phi) is 2.21. The topological polar surface area (TPSA) is 75.8 Å². The predicted molar refractivity (Wildman–Crippen MR) is 58.5 cm³/mol. The van der Waals surface area contributed by atoms with Crippen molar-refractivity contribution in [2.45, 2.75) is 4.90 Å². The molecule has 0 aliphatic rings. The summed E-state index contributed by atoms with van der Waals surface area (Å²) < 4.78 is 24.1. The van der Waals surface area contributed by atoms with Crippen molar-refractivity contribution in [1.29, 1.82) is 5.26 Å². The number of nitrogens with zero attached hydrogens (tertiary/aromatic N) is 3. The fraction of sp³-hybridized carbons (Fsp3) is 0.200. The Hall–Kier alpha value is -1.87. The maximum Gasteiger partial charge on any atom is 0.175 e. The van der Waals surface area contributed by atoms with Gasteiger partial charge in [0.2, 0.25) is 0 Å². The first-order valence-corrected chi connectivity index (χ1v) is 6.39. The lowest BCUT2D eigenvalue weighted by molar-refractivity contribution is 0.602. The first-order chi connectivity index (χ1) is 7.43. The average molecular weight is 235 g/mol.